The predicted molar refractivity (Wildman–Crippen MR) is 336 cm³/mol. The molecule has 0 fully saturated rings. The first kappa shape index (κ1) is 74.2. The summed E-state index contributed by atoms with van der Waals surface area (Å²) in [6.07, 6.45) is 83.7. The Morgan fingerprint density at radius 3 is 1.09 bits per heavy atom. The van der Waals surface area contributed by atoms with Crippen molar-refractivity contribution in [3.8, 4) is 0 Å². The second kappa shape index (κ2) is 59.3. The molecule has 0 amide bonds. The summed E-state index contributed by atoms with van der Waals surface area (Å²) in [5, 5.41) is 9.69. The zero-order chi connectivity index (χ0) is 57.6. The molecule has 0 aliphatic carbocycles. The molecule has 0 aromatic heterocycles. The van der Waals surface area contributed by atoms with Gasteiger partial charge in [0.05, 0.1) is 34.4 Å². The van der Waals surface area contributed by atoms with E-state index < -0.39 is 24.3 Å². The van der Waals surface area contributed by atoms with Crippen LogP contribution in [-0.2, 0) is 33.3 Å². The number of hydrogen-bond acceptors (Lipinski definition) is 7. The van der Waals surface area contributed by atoms with Crippen molar-refractivity contribution in [1.29, 1.82) is 0 Å². The van der Waals surface area contributed by atoms with Crippen LogP contribution in [0.5, 0.6) is 0 Å². The van der Waals surface area contributed by atoms with Crippen LogP contribution in [0.25, 0.3) is 0 Å². The van der Waals surface area contributed by atoms with E-state index in [-0.39, 0.29) is 38.6 Å². The zero-order valence-electron chi connectivity index (χ0n) is 50.7. The number of quaternary nitrogens is 1. The van der Waals surface area contributed by atoms with E-state index in [1.165, 1.54) is 51.4 Å². The number of aliphatic carboxylic acids is 1. The number of rotatable bonds is 55. The van der Waals surface area contributed by atoms with Gasteiger partial charge in [-0.1, -0.05) is 230 Å². The molecule has 0 rings (SSSR count). The molecule has 0 saturated carbocycles. The molecular weight excluding hydrogens is 983 g/mol. The second-order valence-corrected chi connectivity index (χ2v) is 21.3. The van der Waals surface area contributed by atoms with E-state index in [1.807, 2.05) is 21.1 Å². The third-order valence-electron chi connectivity index (χ3n) is 12.6. The minimum absolute atomic E-state index is 0.177. The molecule has 0 aliphatic heterocycles. The average Bonchev–Trinajstić information content (AvgIpc) is 3.42. The SMILES string of the molecule is CC/C=C\C/C=C\C/C=C\C/C=C\C/C=C\C/C=C\C/C=C\C/C=C\C/C=C\C/C=C\C/C=C\CCCCCCCCCC(=O)OC(COC(=O)CCCCCCC/C=C\CCCCCC)COC(OCC[N+](C)(C)C)C(=O)O. The number of unbranched alkanes of at least 4 members (excludes halogenated alkanes) is 16. The first-order chi connectivity index (χ1) is 38.6. The monoisotopic (exact) mass is 1100 g/mol. The molecular formula is C70H114NO8+. The highest BCUT2D eigenvalue weighted by atomic mass is 16.7. The van der Waals surface area contributed by atoms with Crippen LogP contribution in [-0.4, -0.2) is 87.4 Å². The smallest absolute Gasteiger partial charge is 0.361 e. The summed E-state index contributed by atoms with van der Waals surface area (Å²) in [4.78, 5) is 37.4. The highest BCUT2D eigenvalue weighted by Gasteiger charge is 2.25. The lowest BCUT2D eigenvalue weighted by Crippen LogP contribution is -2.40. The lowest BCUT2D eigenvalue weighted by molar-refractivity contribution is -0.870. The van der Waals surface area contributed by atoms with Gasteiger partial charge in [-0.15, -0.1) is 0 Å². The molecule has 446 valence electrons. The van der Waals surface area contributed by atoms with Crippen molar-refractivity contribution in [2.75, 3.05) is 47.5 Å². The maximum atomic E-state index is 12.9. The number of nitrogens with zero attached hydrogens (tertiary/aromatic N) is 1. The highest BCUT2D eigenvalue weighted by Crippen LogP contribution is 2.14. The fourth-order valence-corrected chi connectivity index (χ4v) is 7.83. The van der Waals surface area contributed by atoms with Crippen molar-refractivity contribution in [2.45, 2.75) is 232 Å². The van der Waals surface area contributed by atoms with E-state index in [9.17, 15) is 19.5 Å². The number of hydrogen-bond donors (Lipinski definition) is 1. The van der Waals surface area contributed by atoms with Gasteiger partial charge in [-0.25, -0.2) is 4.79 Å². The van der Waals surface area contributed by atoms with Crippen molar-refractivity contribution in [2.24, 2.45) is 0 Å². The molecule has 0 aromatic rings. The number of likely N-dealkylation sites (N-methyl/N-ethyl adjacent to an activating group) is 1. The van der Waals surface area contributed by atoms with Crippen molar-refractivity contribution >= 4 is 17.9 Å². The molecule has 0 bridgehead atoms. The van der Waals surface area contributed by atoms with Crippen molar-refractivity contribution in [1.82, 2.24) is 0 Å². The summed E-state index contributed by atoms with van der Waals surface area (Å²) in [6, 6.07) is 0. The zero-order valence-corrected chi connectivity index (χ0v) is 50.7. The van der Waals surface area contributed by atoms with Crippen LogP contribution in [0.15, 0.2) is 146 Å². The van der Waals surface area contributed by atoms with Crippen LogP contribution in [0, 0.1) is 0 Å². The summed E-state index contributed by atoms with van der Waals surface area (Å²) in [7, 11) is 5.95. The Hall–Kier alpha value is -4.83. The Morgan fingerprint density at radius 2 is 0.722 bits per heavy atom. The molecule has 1 N–H and O–H groups in total. The normalized spacial score (nSPS) is 13.8. The second-order valence-electron chi connectivity index (χ2n) is 21.3. The third kappa shape index (κ3) is 60.7. The number of carboxylic acids is 1. The van der Waals surface area contributed by atoms with Gasteiger partial charge in [0, 0.05) is 12.8 Å². The van der Waals surface area contributed by atoms with E-state index in [2.05, 4.69) is 160 Å². The third-order valence-corrected chi connectivity index (χ3v) is 12.6. The Labute approximate surface area is 483 Å². The lowest BCUT2D eigenvalue weighted by atomic mass is 10.1. The number of esters is 2. The molecule has 0 spiro atoms. The summed E-state index contributed by atoms with van der Waals surface area (Å²) >= 11 is 0. The Kier molecular flexibility index (Phi) is 55.7. The van der Waals surface area contributed by atoms with E-state index in [0.717, 1.165) is 135 Å². The molecule has 0 aromatic carbocycles. The molecule has 9 heteroatoms. The van der Waals surface area contributed by atoms with E-state index in [1.54, 1.807) is 0 Å². The predicted octanol–water partition coefficient (Wildman–Crippen LogP) is 18.8. The van der Waals surface area contributed by atoms with Gasteiger partial charge in [-0.05, 0) is 122 Å². The Morgan fingerprint density at radius 1 is 0.392 bits per heavy atom. The Bertz CT molecular complexity index is 1800. The molecule has 0 aliphatic rings. The standard InChI is InChI=1S/C70H113NO8/c1-6-8-10-12-14-16-18-20-21-22-23-24-25-26-27-28-29-30-31-32-33-34-35-36-37-38-39-40-41-42-43-44-45-46-47-49-51-53-55-57-59-61-68(73)79-66(65-78-70(69(74)75)76-63-62-71(3,4)5)64-77-67(72)60-58-56-54-52-50-48-19-17-15-13-11-9-7-2/h8,10,14,16-17,19-21,23-24,26-27,29-30,32-33,35-36,38-39,41-42,44-45,66,70H,6-7,9,11-13,15,18,22,25,28,31,34,37,40,43,46-65H2,1-5H3/p+1/b10-8-,16-14-,19-17-,21-20-,24-23-,27-26-,30-29-,33-32-,36-35-,39-38-,42-41-,45-44-. The van der Waals surface area contributed by atoms with Gasteiger partial charge in [0.2, 0.25) is 0 Å². The molecule has 0 heterocycles. The van der Waals surface area contributed by atoms with Crippen LogP contribution < -0.4 is 0 Å². The summed E-state index contributed by atoms with van der Waals surface area (Å²) in [5.74, 6) is -2.05. The first-order valence-corrected chi connectivity index (χ1v) is 31.0. The van der Waals surface area contributed by atoms with Crippen LogP contribution in [0.3, 0.4) is 0 Å². The van der Waals surface area contributed by atoms with Crippen LogP contribution >= 0.6 is 0 Å². The van der Waals surface area contributed by atoms with Gasteiger partial charge in [0.25, 0.3) is 6.29 Å². The molecule has 2 atom stereocenters. The van der Waals surface area contributed by atoms with Gasteiger partial charge < -0.3 is 28.5 Å². The largest absolute Gasteiger partial charge is 0.477 e. The number of carboxylic acid groups (broad SMARTS) is 1. The average molecular weight is 1100 g/mol. The van der Waals surface area contributed by atoms with Crippen LogP contribution in [0.1, 0.15) is 219 Å². The quantitative estimate of drug-likeness (QED) is 0.0211. The van der Waals surface area contributed by atoms with Gasteiger partial charge in [-0.3, -0.25) is 9.59 Å². The highest BCUT2D eigenvalue weighted by molar-refractivity contribution is 5.71. The minimum Gasteiger partial charge on any atom is -0.477 e. The van der Waals surface area contributed by atoms with E-state index in [4.69, 9.17) is 18.9 Å². The van der Waals surface area contributed by atoms with Gasteiger partial charge in [0.15, 0.2) is 6.10 Å². The van der Waals surface area contributed by atoms with Crippen molar-refractivity contribution in [3.05, 3.63) is 146 Å². The van der Waals surface area contributed by atoms with Gasteiger partial charge >= 0.3 is 17.9 Å². The van der Waals surface area contributed by atoms with Gasteiger partial charge in [-0.2, -0.15) is 0 Å². The lowest BCUT2D eigenvalue weighted by Gasteiger charge is -2.25. The van der Waals surface area contributed by atoms with Crippen LogP contribution in [0.4, 0.5) is 0 Å². The number of allylic oxidation sites excluding steroid dienone is 24. The molecule has 2 unspecified atom stereocenters. The fraction of sp³-hybridized carbons (Fsp3) is 0.614. The number of carbonyl (C=O) groups excluding carboxylic acids is 2. The topological polar surface area (TPSA) is 108 Å². The summed E-state index contributed by atoms with van der Waals surface area (Å²) in [5.41, 5.74) is 0. The number of ether oxygens (including phenoxy) is 4. The minimum atomic E-state index is -1.52. The summed E-state index contributed by atoms with van der Waals surface area (Å²) in [6.45, 7) is 4.70. The van der Waals surface area contributed by atoms with Crippen LogP contribution in [0.2, 0.25) is 0 Å². The summed E-state index contributed by atoms with van der Waals surface area (Å²) < 4.78 is 22.8. The molecule has 79 heavy (non-hydrogen) atoms. The fourth-order valence-electron chi connectivity index (χ4n) is 7.83. The molecule has 9 nitrogen and oxygen atoms in total. The first-order valence-electron chi connectivity index (χ1n) is 31.0. The van der Waals surface area contributed by atoms with Crippen molar-refractivity contribution < 1.29 is 42.9 Å². The molecule has 0 radical (unpaired) electrons. The van der Waals surface area contributed by atoms with Crippen molar-refractivity contribution in [3.63, 3.8) is 0 Å². The van der Waals surface area contributed by atoms with Gasteiger partial charge in [0.1, 0.15) is 13.2 Å². The maximum absolute atomic E-state index is 12.9. The van der Waals surface area contributed by atoms with E-state index >= 15 is 0 Å². The number of carbonyl (C=O) groups is 3. The molecule has 0 saturated heterocycles. The maximum Gasteiger partial charge on any atom is 0.361 e. The Balaban J connectivity index is 4.18. The van der Waals surface area contributed by atoms with E-state index in [0.29, 0.717) is 17.4 Å².